The van der Waals surface area contributed by atoms with Crippen molar-refractivity contribution in [2.24, 2.45) is 0 Å². The van der Waals surface area contributed by atoms with Crippen molar-refractivity contribution < 1.29 is 4.39 Å². The minimum Gasteiger partial charge on any atom is -0.324 e. The molecule has 3 aromatic heterocycles. The molecule has 0 atom stereocenters. The maximum Gasteiger partial charge on any atom is 0.278 e. The Morgan fingerprint density at radius 3 is 2.79 bits per heavy atom. The molecule has 1 aliphatic carbocycles. The Morgan fingerprint density at radius 1 is 1.15 bits per heavy atom. The largest absolute Gasteiger partial charge is 0.324 e. The Labute approximate surface area is 195 Å². The molecule has 0 saturated heterocycles. The van der Waals surface area contributed by atoms with Gasteiger partial charge in [0.1, 0.15) is 11.1 Å². The second kappa shape index (κ2) is 7.69. The monoisotopic (exact) mass is 460 g/mol. The summed E-state index contributed by atoms with van der Waals surface area (Å²) in [6.45, 7) is 4.71. The van der Waals surface area contributed by atoms with Gasteiger partial charge in [-0.25, -0.2) is 24.0 Å². The maximum absolute atomic E-state index is 14.6. The van der Waals surface area contributed by atoms with E-state index in [2.05, 4.69) is 42.7 Å². The number of anilines is 2. The molecule has 4 aromatic rings. The third-order valence-corrected chi connectivity index (χ3v) is 6.31. The van der Waals surface area contributed by atoms with Gasteiger partial charge in [-0.05, 0) is 69.0 Å². The van der Waals surface area contributed by atoms with Crippen LogP contribution in [-0.4, -0.2) is 35.8 Å². The molecule has 10 heteroatoms. The summed E-state index contributed by atoms with van der Waals surface area (Å²) in [4.78, 5) is 31.1. The van der Waals surface area contributed by atoms with Gasteiger partial charge in [0.15, 0.2) is 5.65 Å². The minimum atomic E-state index is -1.64. The lowest BCUT2D eigenvalue weighted by atomic mass is 10.0. The molecule has 0 amide bonds. The number of nitrogens with one attached hydrogen (secondary N) is 2. The smallest absolute Gasteiger partial charge is 0.278 e. The summed E-state index contributed by atoms with van der Waals surface area (Å²) in [6.07, 6.45) is 5.77. The second-order valence-electron chi connectivity index (χ2n) is 9.37. The van der Waals surface area contributed by atoms with Gasteiger partial charge in [-0.15, -0.1) is 0 Å². The van der Waals surface area contributed by atoms with Crippen LogP contribution in [0.3, 0.4) is 0 Å². The quantitative estimate of drug-likeness (QED) is 0.471. The van der Waals surface area contributed by atoms with Gasteiger partial charge in [0.25, 0.3) is 11.5 Å². The van der Waals surface area contributed by atoms with Gasteiger partial charge in [0.2, 0.25) is 5.95 Å². The Kier molecular flexibility index (Phi) is 4.73. The zero-order chi connectivity index (χ0) is 23.4. The van der Waals surface area contributed by atoms with Gasteiger partial charge < -0.3 is 10.6 Å². The van der Waals surface area contributed by atoms with Crippen molar-refractivity contribution in [1.29, 1.82) is 0 Å². The summed E-state index contributed by atoms with van der Waals surface area (Å²) in [7, 11) is 0. The van der Waals surface area contributed by atoms with E-state index < -0.39 is 5.67 Å². The fourth-order valence-electron chi connectivity index (χ4n) is 4.37. The van der Waals surface area contributed by atoms with E-state index in [1.54, 1.807) is 15.4 Å². The summed E-state index contributed by atoms with van der Waals surface area (Å²) in [5, 5.41) is 7.02. The van der Waals surface area contributed by atoms with Crippen LogP contribution in [0, 0.1) is 0 Å². The lowest BCUT2D eigenvalue weighted by Gasteiger charge is -2.18. The van der Waals surface area contributed by atoms with Gasteiger partial charge in [-0.2, -0.15) is 9.67 Å². The van der Waals surface area contributed by atoms with Crippen molar-refractivity contribution in [2.45, 2.75) is 51.4 Å². The zero-order valence-corrected chi connectivity index (χ0v) is 19.0. The van der Waals surface area contributed by atoms with Gasteiger partial charge in [0, 0.05) is 24.6 Å². The number of halogens is 1. The highest BCUT2D eigenvalue weighted by Crippen LogP contribution is 2.35. The van der Waals surface area contributed by atoms with E-state index in [0.717, 1.165) is 38.0 Å². The first kappa shape index (κ1) is 20.9. The maximum atomic E-state index is 14.6. The number of rotatable bonds is 5. The molecule has 4 heterocycles. The SMILES string of the molecule is CC(C)(F)c1ccnc(-n2c3nc(Nc4ccc5c(c4)CCNC5)ncc3c(=O)n2C2CC2)n1. The Balaban J connectivity index is 1.46. The average molecular weight is 461 g/mol. The molecule has 0 spiro atoms. The first-order valence-electron chi connectivity index (χ1n) is 11.5. The van der Waals surface area contributed by atoms with E-state index >= 15 is 0 Å². The summed E-state index contributed by atoms with van der Waals surface area (Å²) in [5.41, 5.74) is 2.26. The Hall–Kier alpha value is -3.66. The number of fused-ring (bicyclic) bond motifs is 2. The fourth-order valence-corrected chi connectivity index (χ4v) is 4.37. The first-order valence-corrected chi connectivity index (χ1v) is 11.5. The van der Waals surface area contributed by atoms with Gasteiger partial charge in [0.05, 0.1) is 11.7 Å². The number of hydrogen-bond donors (Lipinski definition) is 2. The van der Waals surface area contributed by atoms with Crippen LogP contribution in [0.2, 0.25) is 0 Å². The summed E-state index contributed by atoms with van der Waals surface area (Å²) in [6, 6.07) is 7.79. The number of aromatic nitrogens is 6. The average Bonchev–Trinajstić information content (AvgIpc) is 3.62. The standard InChI is InChI=1S/C24H25FN8O/c1-24(2,25)19-8-10-27-23(30-19)33-20-18(21(34)32(33)17-5-6-17)13-28-22(31-20)29-16-4-3-15-12-26-9-7-14(15)11-16/h3-4,8,10-11,13,17,26H,5-7,9,12H2,1-2H3,(H,28,29,31). The third kappa shape index (κ3) is 3.63. The molecule has 6 rings (SSSR count). The highest BCUT2D eigenvalue weighted by atomic mass is 19.1. The van der Waals surface area contributed by atoms with Crippen molar-refractivity contribution in [1.82, 2.24) is 34.6 Å². The van der Waals surface area contributed by atoms with Gasteiger partial charge in [-0.1, -0.05) is 6.07 Å². The Bertz CT molecular complexity index is 1460. The van der Waals surface area contributed by atoms with Crippen LogP contribution in [-0.2, 0) is 18.6 Å². The molecule has 1 fully saturated rings. The molecule has 0 bridgehead atoms. The number of nitrogens with zero attached hydrogens (tertiary/aromatic N) is 6. The summed E-state index contributed by atoms with van der Waals surface area (Å²) in [5.74, 6) is 0.582. The molecular weight excluding hydrogens is 435 g/mol. The molecular formula is C24H25FN8O. The van der Waals surface area contributed by atoms with Crippen LogP contribution < -0.4 is 16.2 Å². The zero-order valence-electron chi connectivity index (χ0n) is 19.0. The van der Waals surface area contributed by atoms with E-state index in [4.69, 9.17) is 0 Å². The van der Waals surface area contributed by atoms with Crippen molar-refractivity contribution in [3.63, 3.8) is 0 Å². The molecule has 0 radical (unpaired) electrons. The molecule has 9 nitrogen and oxygen atoms in total. The predicted molar refractivity (Wildman–Crippen MR) is 126 cm³/mol. The predicted octanol–water partition coefficient (Wildman–Crippen LogP) is 3.30. The lowest BCUT2D eigenvalue weighted by molar-refractivity contribution is 0.213. The molecule has 1 aliphatic heterocycles. The molecule has 2 N–H and O–H groups in total. The highest BCUT2D eigenvalue weighted by molar-refractivity contribution is 5.77. The first-order chi connectivity index (χ1) is 16.4. The van der Waals surface area contributed by atoms with Crippen molar-refractivity contribution in [3.05, 3.63) is 63.8 Å². The number of benzene rings is 1. The van der Waals surface area contributed by atoms with E-state index in [1.165, 1.54) is 37.4 Å². The molecule has 0 unspecified atom stereocenters. The van der Waals surface area contributed by atoms with Crippen molar-refractivity contribution in [3.8, 4) is 5.95 Å². The van der Waals surface area contributed by atoms with E-state index in [0.29, 0.717) is 17.0 Å². The number of alkyl halides is 1. The molecule has 1 aromatic carbocycles. The summed E-state index contributed by atoms with van der Waals surface area (Å²) >= 11 is 0. The van der Waals surface area contributed by atoms with Crippen LogP contribution in [0.1, 0.15) is 49.6 Å². The van der Waals surface area contributed by atoms with Gasteiger partial charge in [-0.3, -0.25) is 4.79 Å². The second-order valence-corrected chi connectivity index (χ2v) is 9.37. The normalized spacial score (nSPS) is 16.0. The van der Waals surface area contributed by atoms with Crippen molar-refractivity contribution in [2.75, 3.05) is 11.9 Å². The van der Waals surface area contributed by atoms with E-state index in [-0.39, 0.29) is 23.2 Å². The third-order valence-electron chi connectivity index (χ3n) is 6.31. The minimum absolute atomic E-state index is 0.0398. The van der Waals surface area contributed by atoms with Crippen LogP contribution in [0.5, 0.6) is 0 Å². The molecule has 34 heavy (non-hydrogen) atoms. The summed E-state index contributed by atoms with van der Waals surface area (Å²) < 4.78 is 17.9. The topological polar surface area (TPSA) is 103 Å². The number of hydrogen-bond acceptors (Lipinski definition) is 7. The van der Waals surface area contributed by atoms with E-state index in [9.17, 15) is 9.18 Å². The molecule has 2 aliphatic rings. The highest BCUT2D eigenvalue weighted by Gasteiger charge is 2.32. The lowest BCUT2D eigenvalue weighted by Crippen LogP contribution is -2.23. The van der Waals surface area contributed by atoms with Crippen LogP contribution in [0.25, 0.3) is 17.0 Å². The van der Waals surface area contributed by atoms with E-state index in [1.807, 2.05) is 6.07 Å². The fraction of sp³-hybridized carbons (Fsp3) is 0.375. The molecule has 1 saturated carbocycles. The van der Waals surface area contributed by atoms with Crippen LogP contribution in [0.15, 0.2) is 41.5 Å². The van der Waals surface area contributed by atoms with Crippen molar-refractivity contribution >= 4 is 22.7 Å². The van der Waals surface area contributed by atoms with Gasteiger partial charge >= 0.3 is 0 Å². The van der Waals surface area contributed by atoms with Crippen LogP contribution >= 0.6 is 0 Å². The molecule has 174 valence electrons. The Morgan fingerprint density at radius 2 is 2.00 bits per heavy atom. The van der Waals surface area contributed by atoms with Crippen LogP contribution in [0.4, 0.5) is 16.0 Å².